The van der Waals surface area contributed by atoms with Gasteiger partial charge in [-0.1, -0.05) is 48.1 Å². The third kappa shape index (κ3) is 5.94. The highest BCUT2D eigenvalue weighted by Crippen LogP contribution is 2.29. The first kappa shape index (κ1) is 24.4. The molecule has 0 fully saturated rings. The lowest BCUT2D eigenvalue weighted by molar-refractivity contribution is -0.103. The number of hydrogen-bond donors (Lipinski definition) is 1. The van der Waals surface area contributed by atoms with Gasteiger partial charge in [0.1, 0.15) is 5.82 Å². The molecule has 1 aliphatic rings. The van der Waals surface area contributed by atoms with E-state index in [-0.39, 0.29) is 11.4 Å². The first-order chi connectivity index (χ1) is 15.6. The van der Waals surface area contributed by atoms with Crippen LogP contribution in [-0.4, -0.2) is 32.5 Å². The number of hydrogen-bond acceptors (Lipinski definition) is 5. The summed E-state index contributed by atoms with van der Waals surface area (Å²) in [5.74, 6) is 6.02. The Morgan fingerprint density at radius 3 is 2.39 bits per heavy atom. The average Bonchev–Trinajstić information content (AvgIpc) is 2.98. The Labute approximate surface area is 194 Å². The Morgan fingerprint density at radius 2 is 1.79 bits per heavy atom. The highest BCUT2D eigenvalue weighted by molar-refractivity contribution is 7.90. The van der Waals surface area contributed by atoms with Gasteiger partial charge in [0.2, 0.25) is 0 Å². The number of carbonyl (C=O) groups is 1. The maximum atomic E-state index is 13.5. The minimum absolute atomic E-state index is 0.190. The molecule has 0 amide bonds. The van der Waals surface area contributed by atoms with Gasteiger partial charge < -0.3 is 5.01 Å². The Kier molecular flexibility index (Phi) is 7.46. The number of hydrazine groups is 1. The molecule has 1 aliphatic carbocycles. The number of benzene rings is 2. The lowest BCUT2D eigenvalue weighted by atomic mass is 9.94. The molecule has 2 N–H and O–H groups in total. The molecule has 3 rings (SSSR count). The second-order valence-corrected chi connectivity index (χ2v) is 10.1. The Morgan fingerprint density at radius 1 is 1.12 bits per heavy atom. The number of halogens is 1. The van der Waals surface area contributed by atoms with Crippen molar-refractivity contribution in [2.45, 2.75) is 25.2 Å². The number of rotatable bonds is 7. The van der Waals surface area contributed by atoms with E-state index in [1.54, 1.807) is 24.1 Å². The summed E-state index contributed by atoms with van der Waals surface area (Å²) in [6.07, 6.45) is 10.4. The van der Waals surface area contributed by atoms with Gasteiger partial charge in [0.05, 0.1) is 11.4 Å². The Bertz CT molecular complexity index is 1280. The second-order valence-electron chi connectivity index (χ2n) is 8.07. The molecule has 33 heavy (non-hydrogen) atoms. The molecule has 0 saturated heterocycles. The van der Waals surface area contributed by atoms with Gasteiger partial charge in [-0.2, -0.15) is 0 Å². The highest BCUT2D eigenvalue weighted by atomic mass is 32.2. The number of aryl methyl sites for hydroxylation is 1. The third-order valence-electron chi connectivity index (χ3n) is 5.50. The molecular formula is C26H27FN2O3S. The molecule has 7 heteroatoms. The fourth-order valence-electron chi connectivity index (χ4n) is 3.73. The summed E-state index contributed by atoms with van der Waals surface area (Å²) >= 11 is 0. The Balaban J connectivity index is 2.13. The topological polar surface area (TPSA) is 80.5 Å². The molecule has 172 valence electrons. The van der Waals surface area contributed by atoms with Crippen LogP contribution in [0.2, 0.25) is 0 Å². The van der Waals surface area contributed by atoms with E-state index in [1.165, 1.54) is 30.3 Å². The van der Waals surface area contributed by atoms with Crippen molar-refractivity contribution in [3.63, 3.8) is 0 Å². The second kappa shape index (κ2) is 10.1. The van der Waals surface area contributed by atoms with Crippen molar-refractivity contribution in [1.29, 1.82) is 0 Å². The number of sulfone groups is 1. The van der Waals surface area contributed by atoms with Crippen LogP contribution in [0.1, 0.15) is 30.0 Å². The molecule has 0 atom stereocenters. The minimum atomic E-state index is -3.39. The van der Waals surface area contributed by atoms with E-state index < -0.39 is 15.7 Å². The van der Waals surface area contributed by atoms with Gasteiger partial charge in [-0.25, -0.2) is 18.7 Å². The van der Waals surface area contributed by atoms with Crippen LogP contribution in [0.3, 0.4) is 0 Å². The number of allylic oxidation sites excluding steroid dienone is 6. The van der Waals surface area contributed by atoms with E-state index in [0.717, 1.165) is 23.8 Å². The van der Waals surface area contributed by atoms with Crippen molar-refractivity contribution < 1.29 is 17.6 Å². The zero-order chi connectivity index (χ0) is 24.2. The van der Waals surface area contributed by atoms with Crippen LogP contribution < -0.4 is 5.84 Å². The van der Waals surface area contributed by atoms with Gasteiger partial charge in [-0.3, -0.25) is 4.79 Å². The first-order valence-corrected chi connectivity index (χ1v) is 12.3. The van der Waals surface area contributed by atoms with E-state index in [9.17, 15) is 17.6 Å². The molecule has 5 nitrogen and oxygen atoms in total. The van der Waals surface area contributed by atoms with E-state index in [0.29, 0.717) is 34.3 Å². The number of nitrogens with zero attached hydrogens (tertiary/aromatic N) is 1. The van der Waals surface area contributed by atoms with Crippen molar-refractivity contribution in [2.24, 2.45) is 5.84 Å². The summed E-state index contributed by atoms with van der Waals surface area (Å²) in [6.45, 7) is 3.91. The quantitative estimate of drug-likeness (QED) is 0.212. The van der Waals surface area contributed by atoms with E-state index in [1.807, 2.05) is 25.2 Å². The van der Waals surface area contributed by atoms with E-state index in [4.69, 9.17) is 5.84 Å². The molecule has 0 bridgehead atoms. The van der Waals surface area contributed by atoms with Gasteiger partial charge in [-0.05, 0) is 60.4 Å². The molecule has 0 saturated carbocycles. The first-order valence-electron chi connectivity index (χ1n) is 10.4. The molecule has 0 radical (unpaired) electrons. The third-order valence-corrected chi connectivity index (χ3v) is 6.76. The van der Waals surface area contributed by atoms with Gasteiger partial charge in [0, 0.05) is 23.9 Å². The lowest BCUT2D eigenvalue weighted by Crippen LogP contribution is -2.32. The smallest absolute Gasteiger partial charge is 0.175 e. The standard InChI is InChI=1S/C26H27FN2O3S/c1-18-5-4-6-23(13-7-18)29(28)16-24(25(17-30)20-8-11-22(27)12-9-20)21-10-14-26(19(2)15-21)33(3,31)32/h4-12,14-15,17H,13,16,28H2,1-3H3/b25-24-. The number of nitrogens with two attached hydrogens (primary N) is 1. The summed E-state index contributed by atoms with van der Waals surface area (Å²) in [4.78, 5) is 12.5. The fourth-order valence-corrected chi connectivity index (χ4v) is 4.68. The largest absolute Gasteiger partial charge is 0.310 e. The predicted molar refractivity (Wildman–Crippen MR) is 130 cm³/mol. The van der Waals surface area contributed by atoms with Crippen LogP contribution in [0.4, 0.5) is 4.39 Å². The van der Waals surface area contributed by atoms with Crippen LogP contribution in [0, 0.1) is 12.7 Å². The normalized spacial score (nSPS) is 14.7. The highest BCUT2D eigenvalue weighted by Gasteiger charge is 2.18. The fraction of sp³-hybridized carbons (Fsp3) is 0.192. The summed E-state index contributed by atoms with van der Waals surface area (Å²) in [5.41, 5.74) is 4.72. The maximum absolute atomic E-state index is 13.5. The van der Waals surface area contributed by atoms with E-state index >= 15 is 0 Å². The van der Waals surface area contributed by atoms with Crippen molar-refractivity contribution >= 4 is 27.3 Å². The summed E-state index contributed by atoms with van der Waals surface area (Å²) in [6, 6.07) is 10.6. The summed E-state index contributed by atoms with van der Waals surface area (Å²) < 4.78 is 37.6. The predicted octanol–water partition coefficient (Wildman–Crippen LogP) is 4.61. The van der Waals surface area contributed by atoms with Crippen LogP contribution in [-0.2, 0) is 14.6 Å². The van der Waals surface area contributed by atoms with Crippen molar-refractivity contribution in [3.8, 4) is 0 Å². The zero-order valence-corrected chi connectivity index (χ0v) is 19.7. The van der Waals surface area contributed by atoms with Crippen LogP contribution >= 0.6 is 0 Å². The monoisotopic (exact) mass is 466 g/mol. The van der Waals surface area contributed by atoms with Gasteiger partial charge in [0.15, 0.2) is 16.1 Å². The van der Waals surface area contributed by atoms with Crippen LogP contribution in [0.25, 0.3) is 11.1 Å². The van der Waals surface area contributed by atoms with Crippen LogP contribution in [0.5, 0.6) is 0 Å². The SMILES string of the molecule is CC1=CCC(N(N)C/C(=C(\C=O)c2ccc(F)cc2)c2ccc(S(C)(=O)=O)c(C)c2)=CC=C1. The molecule has 2 aromatic rings. The number of carbonyl (C=O) groups excluding carboxylic acids is 1. The molecule has 0 heterocycles. The molecular weight excluding hydrogens is 439 g/mol. The molecule has 0 spiro atoms. The maximum Gasteiger partial charge on any atom is 0.175 e. The molecule has 0 unspecified atom stereocenters. The van der Waals surface area contributed by atoms with Crippen molar-refractivity contribution in [3.05, 3.63) is 101 Å². The van der Waals surface area contributed by atoms with E-state index in [2.05, 4.69) is 6.08 Å². The van der Waals surface area contributed by atoms with Crippen LogP contribution in [0.15, 0.2) is 82.9 Å². The molecule has 0 aromatic heterocycles. The zero-order valence-electron chi connectivity index (χ0n) is 18.9. The van der Waals surface area contributed by atoms with Gasteiger partial charge >= 0.3 is 0 Å². The number of aldehydes is 1. The van der Waals surface area contributed by atoms with Gasteiger partial charge in [-0.15, -0.1) is 0 Å². The minimum Gasteiger partial charge on any atom is -0.310 e. The molecule has 2 aromatic carbocycles. The average molecular weight is 467 g/mol. The Hall–Kier alpha value is -3.29. The van der Waals surface area contributed by atoms with Gasteiger partial charge in [0.25, 0.3) is 0 Å². The summed E-state index contributed by atoms with van der Waals surface area (Å²) in [7, 11) is -3.39. The van der Waals surface area contributed by atoms with Crippen molar-refractivity contribution in [2.75, 3.05) is 12.8 Å². The van der Waals surface area contributed by atoms with Crippen molar-refractivity contribution in [1.82, 2.24) is 5.01 Å². The lowest BCUT2D eigenvalue weighted by Gasteiger charge is -2.24. The summed E-state index contributed by atoms with van der Waals surface area (Å²) in [5, 5.41) is 1.57. The molecule has 0 aliphatic heterocycles.